The molecule has 1 fully saturated rings. The van der Waals surface area contributed by atoms with Crippen molar-refractivity contribution in [2.45, 2.75) is 25.8 Å². The molecule has 0 atom stereocenters. The third-order valence-electron chi connectivity index (χ3n) is 6.58. The van der Waals surface area contributed by atoms with Crippen LogP contribution in [0.15, 0.2) is 72.8 Å². The highest BCUT2D eigenvalue weighted by molar-refractivity contribution is 5.76. The number of hydrogen-bond donors (Lipinski definition) is 1. The number of nitrogens with zero attached hydrogens (tertiary/aromatic N) is 2. The van der Waals surface area contributed by atoms with Crippen molar-refractivity contribution in [3.05, 3.63) is 84.2 Å². The van der Waals surface area contributed by atoms with Crippen LogP contribution in [0.1, 0.15) is 24.8 Å². The van der Waals surface area contributed by atoms with Crippen molar-refractivity contribution in [2.24, 2.45) is 0 Å². The van der Waals surface area contributed by atoms with Gasteiger partial charge in [0.15, 0.2) is 0 Å². The molecule has 35 heavy (non-hydrogen) atoms. The molecule has 5 nitrogen and oxygen atoms in total. The predicted molar refractivity (Wildman–Crippen MR) is 139 cm³/mol. The number of unbranched alkanes of at least 4 members (excludes halogenated alkanes) is 1. The molecule has 0 aliphatic carbocycles. The van der Waals surface area contributed by atoms with E-state index >= 15 is 0 Å². The summed E-state index contributed by atoms with van der Waals surface area (Å²) in [7, 11) is 1.72. The van der Waals surface area contributed by atoms with E-state index in [2.05, 4.69) is 21.2 Å². The van der Waals surface area contributed by atoms with E-state index in [0.717, 1.165) is 68.1 Å². The van der Waals surface area contributed by atoms with Gasteiger partial charge in [-0.25, -0.2) is 4.39 Å². The minimum atomic E-state index is -0.255. The fourth-order valence-electron chi connectivity index (χ4n) is 4.62. The molecule has 1 aliphatic rings. The first-order chi connectivity index (χ1) is 17.2. The van der Waals surface area contributed by atoms with Gasteiger partial charge in [0.25, 0.3) is 0 Å². The van der Waals surface area contributed by atoms with Gasteiger partial charge in [0.2, 0.25) is 5.91 Å². The van der Waals surface area contributed by atoms with Gasteiger partial charge in [0.05, 0.1) is 12.8 Å². The summed E-state index contributed by atoms with van der Waals surface area (Å²) in [5.74, 6) is 0.702. The SMILES string of the molecule is COc1ccccc1N1CCN(CCCCC(=O)NCc2ccccc2-c2ccccc2F)CC1. The van der Waals surface area contributed by atoms with E-state index in [1.54, 1.807) is 19.2 Å². The number of carbonyl (C=O) groups excluding carboxylic acids is 1. The van der Waals surface area contributed by atoms with Crippen LogP contribution in [0.4, 0.5) is 10.1 Å². The van der Waals surface area contributed by atoms with Gasteiger partial charge in [-0.05, 0) is 48.7 Å². The van der Waals surface area contributed by atoms with Crippen molar-refractivity contribution in [3.8, 4) is 16.9 Å². The second-order valence-electron chi connectivity index (χ2n) is 8.87. The third-order valence-corrected chi connectivity index (χ3v) is 6.58. The second kappa shape index (κ2) is 12.4. The maximum absolute atomic E-state index is 14.3. The van der Waals surface area contributed by atoms with Crippen LogP contribution in [-0.4, -0.2) is 50.6 Å². The minimum absolute atomic E-state index is 0.0364. The van der Waals surface area contributed by atoms with Crippen LogP contribution >= 0.6 is 0 Å². The molecule has 6 heteroatoms. The highest BCUT2D eigenvalue weighted by Gasteiger charge is 2.19. The van der Waals surface area contributed by atoms with Gasteiger partial charge in [-0.1, -0.05) is 54.6 Å². The lowest BCUT2D eigenvalue weighted by Crippen LogP contribution is -2.46. The number of carbonyl (C=O) groups is 1. The Bertz CT molecular complexity index is 1110. The van der Waals surface area contributed by atoms with E-state index in [-0.39, 0.29) is 11.7 Å². The molecule has 0 radical (unpaired) electrons. The number of methoxy groups -OCH3 is 1. The molecule has 3 aromatic carbocycles. The van der Waals surface area contributed by atoms with Crippen molar-refractivity contribution in [1.82, 2.24) is 10.2 Å². The number of piperazine rings is 1. The summed E-state index contributed by atoms with van der Waals surface area (Å²) in [5, 5.41) is 3.01. The Morgan fingerprint density at radius 2 is 1.57 bits per heavy atom. The fraction of sp³-hybridized carbons (Fsp3) is 0.345. The number of hydrogen-bond acceptors (Lipinski definition) is 4. The normalized spacial score (nSPS) is 14.1. The Hall–Kier alpha value is -3.38. The highest BCUT2D eigenvalue weighted by atomic mass is 19.1. The molecule has 0 saturated carbocycles. The number of halogens is 1. The van der Waals surface area contributed by atoms with Gasteiger partial charge in [0, 0.05) is 44.7 Å². The maximum Gasteiger partial charge on any atom is 0.220 e. The van der Waals surface area contributed by atoms with Gasteiger partial charge in [-0.3, -0.25) is 9.69 Å². The summed E-state index contributed by atoms with van der Waals surface area (Å²) in [6.07, 6.45) is 2.35. The Kier molecular flexibility index (Phi) is 8.74. The number of ether oxygens (including phenoxy) is 1. The van der Waals surface area contributed by atoms with E-state index in [0.29, 0.717) is 18.5 Å². The van der Waals surface area contributed by atoms with Crippen molar-refractivity contribution < 1.29 is 13.9 Å². The Morgan fingerprint density at radius 1 is 0.886 bits per heavy atom. The lowest BCUT2D eigenvalue weighted by atomic mass is 9.99. The standard InChI is InChI=1S/C29H34FN3O2/c1-35-28-15-7-6-14-27(28)33-20-18-32(19-21-33)17-9-8-16-29(34)31-22-23-10-2-3-11-24(23)25-12-4-5-13-26(25)30/h2-7,10-15H,8-9,16-22H2,1H3,(H,31,34). The molecule has 4 rings (SSSR count). The lowest BCUT2D eigenvalue weighted by Gasteiger charge is -2.36. The molecule has 0 unspecified atom stereocenters. The molecule has 1 aliphatic heterocycles. The van der Waals surface area contributed by atoms with Crippen LogP contribution in [-0.2, 0) is 11.3 Å². The topological polar surface area (TPSA) is 44.8 Å². The molecule has 0 aromatic heterocycles. The summed E-state index contributed by atoms with van der Waals surface area (Å²) in [6, 6.07) is 22.5. The zero-order valence-electron chi connectivity index (χ0n) is 20.4. The molecule has 184 valence electrons. The summed E-state index contributed by atoms with van der Waals surface area (Å²) in [5.41, 5.74) is 3.45. The molecular weight excluding hydrogens is 441 g/mol. The zero-order chi connectivity index (χ0) is 24.5. The quantitative estimate of drug-likeness (QED) is 0.414. The summed E-state index contributed by atoms with van der Waals surface area (Å²) in [6.45, 7) is 5.37. The van der Waals surface area contributed by atoms with Gasteiger partial charge in [-0.2, -0.15) is 0 Å². The van der Waals surface area contributed by atoms with Crippen molar-refractivity contribution in [1.29, 1.82) is 0 Å². The molecule has 1 amide bonds. The third kappa shape index (κ3) is 6.61. The summed E-state index contributed by atoms with van der Waals surface area (Å²) < 4.78 is 19.8. The second-order valence-corrected chi connectivity index (χ2v) is 8.87. The molecule has 0 bridgehead atoms. The van der Waals surface area contributed by atoms with Gasteiger partial charge < -0.3 is 15.0 Å². The van der Waals surface area contributed by atoms with Crippen LogP contribution in [0.5, 0.6) is 5.75 Å². The first-order valence-corrected chi connectivity index (χ1v) is 12.4. The average Bonchev–Trinajstić information content (AvgIpc) is 2.91. The number of anilines is 1. The minimum Gasteiger partial charge on any atom is -0.495 e. The summed E-state index contributed by atoms with van der Waals surface area (Å²) >= 11 is 0. The van der Waals surface area contributed by atoms with Crippen LogP contribution in [0, 0.1) is 5.82 Å². The molecule has 3 aromatic rings. The van der Waals surface area contributed by atoms with E-state index in [9.17, 15) is 9.18 Å². The molecule has 1 heterocycles. The lowest BCUT2D eigenvalue weighted by molar-refractivity contribution is -0.121. The smallest absolute Gasteiger partial charge is 0.220 e. The molecular formula is C29H34FN3O2. The molecule has 0 spiro atoms. The fourth-order valence-corrected chi connectivity index (χ4v) is 4.62. The van der Waals surface area contributed by atoms with Crippen LogP contribution < -0.4 is 15.0 Å². The monoisotopic (exact) mass is 475 g/mol. The van der Waals surface area contributed by atoms with E-state index in [1.165, 1.54) is 6.07 Å². The number of rotatable bonds is 10. The van der Waals surface area contributed by atoms with Crippen LogP contribution in [0.2, 0.25) is 0 Å². The van der Waals surface area contributed by atoms with Crippen LogP contribution in [0.3, 0.4) is 0 Å². The summed E-state index contributed by atoms with van der Waals surface area (Å²) in [4.78, 5) is 17.3. The van der Waals surface area contributed by atoms with Crippen molar-refractivity contribution in [3.63, 3.8) is 0 Å². The van der Waals surface area contributed by atoms with Gasteiger partial charge in [0.1, 0.15) is 11.6 Å². The number of benzene rings is 3. The first kappa shape index (κ1) is 24.7. The molecule has 1 saturated heterocycles. The highest BCUT2D eigenvalue weighted by Crippen LogP contribution is 2.28. The number of nitrogens with one attached hydrogen (secondary N) is 1. The van der Waals surface area contributed by atoms with E-state index in [4.69, 9.17) is 4.74 Å². The zero-order valence-corrected chi connectivity index (χ0v) is 20.4. The number of amides is 1. The van der Waals surface area contributed by atoms with E-state index < -0.39 is 0 Å². The van der Waals surface area contributed by atoms with Gasteiger partial charge in [-0.15, -0.1) is 0 Å². The Balaban J connectivity index is 1.17. The number of para-hydroxylation sites is 2. The van der Waals surface area contributed by atoms with Gasteiger partial charge >= 0.3 is 0 Å². The largest absolute Gasteiger partial charge is 0.495 e. The first-order valence-electron chi connectivity index (χ1n) is 12.4. The Labute approximate surface area is 207 Å². The average molecular weight is 476 g/mol. The van der Waals surface area contributed by atoms with Crippen molar-refractivity contribution in [2.75, 3.05) is 44.7 Å². The Morgan fingerprint density at radius 3 is 2.34 bits per heavy atom. The molecule has 1 N–H and O–H groups in total. The van der Waals surface area contributed by atoms with Crippen LogP contribution in [0.25, 0.3) is 11.1 Å². The van der Waals surface area contributed by atoms with E-state index in [1.807, 2.05) is 48.5 Å². The predicted octanol–water partition coefficient (Wildman–Crippen LogP) is 5.11. The van der Waals surface area contributed by atoms with Crippen molar-refractivity contribution >= 4 is 11.6 Å². The maximum atomic E-state index is 14.3.